The SMILES string of the molecule is CC[C@H](NC(=O)c1cccc(NS(C)(=O)=O)c1C)c1ccc(C)c(C)c1. The quantitative estimate of drug-likeness (QED) is 0.806. The first-order valence-electron chi connectivity index (χ1n) is 8.57. The zero-order valence-corrected chi connectivity index (χ0v) is 16.7. The second-order valence-corrected chi connectivity index (χ2v) is 8.38. The van der Waals surface area contributed by atoms with Crippen molar-refractivity contribution in [2.75, 3.05) is 11.0 Å². The molecule has 0 aliphatic rings. The van der Waals surface area contributed by atoms with E-state index in [1.165, 1.54) is 11.1 Å². The Morgan fingerprint density at radius 1 is 1.08 bits per heavy atom. The van der Waals surface area contributed by atoms with Crippen LogP contribution in [0.1, 0.15) is 52.0 Å². The smallest absolute Gasteiger partial charge is 0.252 e. The van der Waals surface area contributed by atoms with Crippen molar-refractivity contribution in [3.05, 3.63) is 64.2 Å². The van der Waals surface area contributed by atoms with Crippen LogP contribution in [0.2, 0.25) is 0 Å². The Morgan fingerprint density at radius 2 is 1.77 bits per heavy atom. The molecule has 1 atom stereocenters. The van der Waals surface area contributed by atoms with E-state index in [9.17, 15) is 13.2 Å². The van der Waals surface area contributed by atoms with E-state index in [0.717, 1.165) is 18.2 Å². The van der Waals surface area contributed by atoms with E-state index >= 15 is 0 Å². The number of sulfonamides is 1. The van der Waals surface area contributed by atoms with Crippen molar-refractivity contribution in [1.29, 1.82) is 0 Å². The van der Waals surface area contributed by atoms with E-state index in [1.54, 1.807) is 25.1 Å². The van der Waals surface area contributed by atoms with Crippen LogP contribution in [0.4, 0.5) is 5.69 Å². The van der Waals surface area contributed by atoms with Gasteiger partial charge in [0.1, 0.15) is 0 Å². The number of carbonyl (C=O) groups excluding carboxylic acids is 1. The van der Waals surface area contributed by atoms with Crippen LogP contribution in [0, 0.1) is 20.8 Å². The molecule has 0 heterocycles. The van der Waals surface area contributed by atoms with Crippen LogP contribution in [0.15, 0.2) is 36.4 Å². The highest BCUT2D eigenvalue weighted by atomic mass is 32.2. The lowest BCUT2D eigenvalue weighted by atomic mass is 9.98. The molecule has 5 nitrogen and oxygen atoms in total. The predicted octanol–water partition coefficient (Wildman–Crippen LogP) is 3.86. The molecule has 0 fully saturated rings. The van der Waals surface area contributed by atoms with E-state index in [-0.39, 0.29) is 11.9 Å². The Kier molecular flexibility index (Phi) is 6.08. The number of hydrogen-bond donors (Lipinski definition) is 2. The standard InChI is InChI=1S/C20H26N2O3S/c1-6-18(16-11-10-13(2)14(3)12-16)21-20(23)17-8-7-9-19(15(17)4)22-26(5,24)25/h7-12,18,22H,6H2,1-5H3,(H,21,23)/t18-/m0/s1. The topological polar surface area (TPSA) is 75.3 Å². The van der Waals surface area contributed by atoms with Crippen molar-refractivity contribution in [2.24, 2.45) is 0 Å². The molecule has 0 aliphatic heterocycles. The average molecular weight is 375 g/mol. The molecule has 0 saturated carbocycles. The second-order valence-electron chi connectivity index (χ2n) is 6.63. The molecular weight excluding hydrogens is 348 g/mol. The van der Waals surface area contributed by atoms with Crippen LogP contribution in [0.5, 0.6) is 0 Å². The molecule has 0 aromatic heterocycles. The second kappa shape index (κ2) is 7.91. The molecule has 2 aromatic rings. The minimum atomic E-state index is -3.40. The van der Waals surface area contributed by atoms with Crippen molar-refractivity contribution in [3.63, 3.8) is 0 Å². The Morgan fingerprint density at radius 3 is 2.35 bits per heavy atom. The highest BCUT2D eigenvalue weighted by Crippen LogP contribution is 2.23. The molecule has 26 heavy (non-hydrogen) atoms. The van der Waals surface area contributed by atoms with Crippen LogP contribution in [-0.2, 0) is 10.0 Å². The normalized spacial score (nSPS) is 12.5. The fourth-order valence-corrected chi connectivity index (χ4v) is 3.45. The number of rotatable bonds is 6. The molecule has 0 unspecified atom stereocenters. The zero-order valence-electron chi connectivity index (χ0n) is 15.9. The van der Waals surface area contributed by atoms with Gasteiger partial charge in [-0.25, -0.2) is 8.42 Å². The Bertz CT molecular complexity index is 921. The minimum absolute atomic E-state index is 0.104. The number of carbonyl (C=O) groups is 1. The fraction of sp³-hybridized carbons (Fsp3) is 0.350. The summed E-state index contributed by atoms with van der Waals surface area (Å²) < 4.78 is 25.4. The summed E-state index contributed by atoms with van der Waals surface area (Å²) in [5, 5.41) is 3.06. The molecule has 2 aromatic carbocycles. The van der Waals surface area contributed by atoms with E-state index in [4.69, 9.17) is 0 Å². The largest absolute Gasteiger partial charge is 0.345 e. The maximum absolute atomic E-state index is 12.8. The van der Waals surface area contributed by atoms with Gasteiger partial charge >= 0.3 is 0 Å². The van der Waals surface area contributed by atoms with Crippen molar-refractivity contribution in [2.45, 2.75) is 40.2 Å². The van der Waals surface area contributed by atoms with Gasteiger partial charge in [-0.15, -0.1) is 0 Å². The highest BCUT2D eigenvalue weighted by Gasteiger charge is 2.18. The van der Waals surface area contributed by atoms with Gasteiger partial charge in [0, 0.05) is 5.56 Å². The summed E-state index contributed by atoms with van der Waals surface area (Å²) in [6, 6.07) is 11.1. The molecule has 1 amide bonds. The molecule has 2 rings (SSSR count). The van der Waals surface area contributed by atoms with Gasteiger partial charge in [-0.3, -0.25) is 9.52 Å². The molecule has 0 spiro atoms. The van der Waals surface area contributed by atoms with Gasteiger partial charge in [0.05, 0.1) is 18.0 Å². The van der Waals surface area contributed by atoms with Gasteiger partial charge in [-0.2, -0.15) is 0 Å². The highest BCUT2D eigenvalue weighted by molar-refractivity contribution is 7.92. The zero-order chi connectivity index (χ0) is 19.5. The van der Waals surface area contributed by atoms with Crippen LogP contribution < -0.4 is 10.0 Å². The van der Waals surface area contributed by atoms with E-state index in [0.29, 0.717) is 16.8 Å². The molecule has 0 radical (unpaired) electrons. The number of nitrogens with one attached hydrogen (secondary N) is 2. The van der Waals surface area contributed by atoms with Crippen molar-refractivity contribution in [3.8, 4) is 0 Å². The van der Waals surface area contributed by atoms with Crippen molar-refractivity contribution in [1.82, 2.24) is 5.32 Å². The number of aryl methyl sites for hydroxylation is 2. The lowest BCUT2D eigenvalue weighted by Gasteiger charge is -2.20. The molecule has 140 valence electrons. The first-order chi connectivity index (χ1) is 12.1. The summed E-state index contributed by atoms with van der Waals surface area (Å²) in [6.45, 7) is 7.87. The predicted molar refractivity (Wildman–Crippen MR) is 106 cm³/mol. The summed E-state index contributed by atoms with van der Waals surface area (Å²) >= 11 is 0. The third-order valence-corrected chi connectivity index (χ3v) is 5.11. The van der Waals surface area contributed by atoms with E-state index < -0.39 is 10.0 Å². The van der Waals surface area contributed by atoms with Crippen LogP contribution >= 0.6 is 0 Å². The molecule has 6 heteroatoms. The first-order valence-corrected chi connectivity index (χ1v) is 10.5. The van der Waals surface area contributed by atoms with Crippen molar-refractivity contribution >= 4 is 21.6 Å². The summed E-state index contributed by atoms with van der Waals surface area (Å²) in [7, 11) is -3.40. The maximum atomic E-state index is 12.8. The maximum Gasteiger partial charge on any atom is 0.252 e. The monoisotopic (exact) mass is 374 g/mol. The van der Waals surface area contributed by atoms with Crippen LogP contribution in [0.25, 0.3) is 0 Å². The molecular formula is C20H26N2O3S. The number of amides is 1. The number of hydrogen-bond acceptors (Lipinski definition) is 3. The van der Waals surface area contributed by atoms with Gasteiger partial charge in [-0.1, -0.05) is 31.2 Å². The van der Waals surface area contributed by atoms with Gasteiger partial charge in [0.25, 0.3) is 5.91 Å². The average Bonchev–Trinajstić information content (AvgIpc) is 2.55. The van der Waals surface area contributed by atoms with E-state index in [1.807, 2.05) is 13.0 Å². The minimum Gasteiger partial charge on any atom is -0.345 e. The number of benzene rings is 2. The lowest BCUT2D eigenvalue weighted by molar-refractivity contribution is 0.0935. The Labute approximate surface area is 155 Å². The third-order valence-electron chi connectivity index (χ3n) is 4.52. The van der Waals surface area contributed by atoms with Gasteiger partial charge in [0.15, 0.2) is 0 Å². The molecule has 0 saturated heterocycles. The van der Waals surface area contributed by atoms with Gasteiger partial charge < -0.3 is 5.32 Å². The summed E-state index contributed by atoms with van der Waals surface area (Å²) in [6.07, 6.45) is 1.85. The third kappa shape index (κ3) is 4.85. The lowest BCUT2D eigenvalue weighted by Crippen LogP contribution is -2.29. The molecule has 0 aliphatic carbocycles. The molecule has 2 N–H and O–H groups in total. The summed E-state index contributed by atoms with van der Waals surface area (Å²) in [4.78, 5) is 12.8. The Hall–Kier alpha value is -2.34. The molecule has 0 bridgehead atoms. The number of anilines is 1. The summed E-state index contributed by atoms with van der Waals surface area (Å²) in [5.41, 5.74) is 4.94. The van der Waals surface area contributed by atoms with Gasteiger partial charge in [-0.05, 0) is 61.6 Å². The van der Waals surface area contributed by atoms with Crippen LogP contribution in [-0.4, -0.2) is 20.6 Å². The van der Waals surface area contributed by atoms with E-state index in [2.05, 4.69) is 36.0 Å². The Balaban J connectivity index is 2.28. The van der Waals surface area contributed by atoms with Crippen molar-refractivity contribution < 1.29 is 13.2 Å². The first kappa shape index (κ1) is 20.0. The van der Waals surface area contributed by atoms with Gasteiger partial charge in [0.2, 0.25) is 10.0 Å². The summed E-state index contributed by atoms with van der Waals surface area (Å²) in [5.74, 6) is -0.218. The fourth-order valence-electron chi connectivity index (χ4n) is 2.83. The van der Waals surface area contributed by atoms with Crippen LogP contribution in [0.3, 0.4) is 0 Å².